The Hall–Kier alpha value is -0.760. The van der Waals surface area contributed by atoms with Crippen molar-refractivity contribution in [2.45, 2.75) is 6.92 Å². The Kier molecular flexibility index (Phi) is 2.93. The molecule has 12 heavy (non-hydrogen) atoms. The highest BCUT2D eigenvalue weighted by Crippen LogP contribution is 2.27. The van der Waals surface area contributed by atoms with E-state index in [0.717, 1.165) is 15.7 Å². The Labute approximate surface area is 81.6 Å². The van der Waals surface area contributed by atoms with Crippen LogP contribution in [0.3, 0.4) is 0 Å². The van der Waals surface area contributed by atoms with Crippen LogP contribution in [0.1, 0.15) is 11.1 Å². The maximum atomic E-state index is 3.84. The molecule has 0 spiro atoms. The van der Waals surface area contributed by atoms with E-state index in [-0.39, 0.29) is 0 Å². The molecule has 0 aliphatic heterocycles. The molecular weight excluding hydrogens is 214 g/mol. The van der Waals surface area contributed by atoms with Crippen molar-refractivity contribution in [1.82, 2.24) is 0 Å². The predicted molar refractivity (Wildman–Crippen MR) is 58.7 cm³/mol. The van der Waals surface area contributed by atoms with Crippen molar-refractivity contribution < 1.29 is 0 Å². The minimum Gasteiger partial charge on any atom is -0.388 e. The SMILES string of the molecule is C=C(Br)c1ccc(C)cc1NC. The first-order chi connectivity index (χ1) is 5.65. The van der Waals surface area contributed by atoms with Crippen molar-refractivity contribution in [3.8, 4) is 0 Å². The molecule has 0 aliphatic rings. The summed E-state index contributed by atoms with van der Waals surface area (Å²) in [7, 11) is 1.91. The van der Waals surface area contributed by atoms with Gasteiger partial charge in [-0.1, -0.05) is 34.6 Å². The van der Waals surface area contributed by atoms with Gasteiger partial charge in [0.05, 0.1) is 0 Å². The molecule has 0 unspecified atom stereocenters. The van der Waals surface area contributed by atoms with Crippen LogP contribution >= 0.6 is 15.9 Å². The summed E-state index contributed by atoms with van der Waals surface area (Å²) in [6.45, 7) is 5.91. The number of anilines is 1. The van der Waals surface area contributed by atoms with Gasteiger partial charge in [-0.25, -0.2) is 0 Å². The van der Waals surface area contributed by atoms with Crippen molar-refractivity contribution in [3.05, 3.63) is 35.9 Å². The molecule has 0 atom stereocenters. The van der Waals surface area contributed by atoms with E-state index >= 15 is 0 Å². The molecule has 1 nitrogen and oxygen atoms in total. The summed E-state index contributed by atoms with van der Waals surface area (Å²) >= 11 is 3.36. The highest BCUT2D eigenvalue weighted by atomic mass is 79.9. The quantitative estimate of drug-likeness (QED) is 0.814. The van der Waals surface area contributed by atoms with E-state index in [0.29, 0.717) is 0 Å². The molecule has 1 aromatic rings. The molecule has 0 fully saturated rings. The molecule has 1 rings (SSSR count). The number of aryl methyl sites for hydroxylation is 1. The number of nitrogens with one attached hydrogen (secondary N) is 1. The van der Waals surface area contributed by atoms with Crippen LogP contribution in [0.4, 0.5) is 5.69 Å². The summed E-state index contributed by atoms with van der Waals surface area (Å²) in [5.74, 6) is 0. The van der Waals surface area contributed by atoms with E-state index in [2.05, 4.69) is 52.9 Å². The van der Waals surface area contributed by atoms with E-state index in [1.165, 1.54) is 5.56 Å². The van der Waals surface area contributed by atoms with Crippen molar-refractivity contribution in [1.29, 1.82) is 0 Å². The third-order valence-corrected chi connectivity index (χ3v) is 2.16. The molecule has 1 N–H and O–H groups in total. The summed E-state index contributed by atoms with van der Waals surface area (Å²) in [5, 5.41) is 3.13. The fraction of sp³-hybridized carbons (Fsp3) is 0.200. The predicted octanol–water partition coefficient (Wildman–Crippen LogP) is 3.40. The zero-order valence-corrected chi connectivity index (χ0v) is 8.90. The lowest BCUT2D eigenvalue weighted by Gasteiger charge is -2.08. The smallest absolute Gasteiger partial charge is 0.0425 e. The first-order valence-electron chi connectivity index (χ1n) is 3.78. The van der Waals surface area contributed by atoms with E-state index < -0.39 is 0 Å². The largest absolute Gasteiger partial charge is 0.388 e. The first-order valence-corrected chi connectivity index (χ1v) is 4.57. The molecule has 1 aromatic carbocycles. The van der Waals surface area contributed by atoms with Crippen LogP contribution in [0.15, 0.2) is 24.8 Å². The summed E-state index contributed by atoms with van der Waals surface area (Å²) in [5.41, 5.74) is 3.47. The zero-order valence-electron chi connectivity index (χ0n) is 7.32. The van der Waals surface area contributed by atoms with Crippen molar-refractivity contribution in [2.24, 2.45) is 0 Å². The molecule has 0 aliphatic carbocycles. The normalized spacial score (nSPS) is 9.58. The number of rotatable bonds is 2. The number of halogens is 1. The highest BCUT2D eigenvalue weighted by molar-refractivity contribution is 9.15. The third-order valence-electron chi connectivity index (χ3n) is 1.74. The highest BCUT2D eigenvalue weighted by Gasteiger charge is 2.01. The zero-order chi connectivity index (χ0) is 9.14. The van der Waals surface area contributed by atoms with Crippen LogP contribution in [0.5, 0.6) is 0 Å². The van der Waals surface area contributed by atoms with Gasteiger partial charge in [0, 0.05) is 22.8 Å². The van der Waals surface area contributed by atoms with Crippen molar-refractivity contribution in [2.75, 3.05) is 12.4 Å². The van der Waals surface area contributed by atoms with Crippen molar-refractivity contribution in [3.63, 3.8) is 0 Å². The standard InChI is InChI=1S/C10H12BrN/c1-7-4-5-9(8(2)11)10(6-7)12-3/h4-6,12H,2H2,1,3H3. The van der Waals surface area contributed by atoms with Gasteiger partial charge in [-0.2, -0.15) is 0 Å². The second-order valence-corrected chi connectivity index (χ2v) is 3.66. The second-order valence-electron chi connectivity index (χ2n) is 2.70. The number of hydrogen-bond acceptors (Lipinski definition) is 1. The second kappa shape index (κ2) is 3.76. The fourth-order valence-electron chi connectivity index (χ4n) is 1.10. The molecular formula is C10H12BrN. The molecule has 0 aromatic heterocycles. The minimum atomic E-state index is 0.909. The lowest BCUT2D eigenvalue weighted by molar-refractivity contribution is 1.42. The molecule has 2 heteroatoms. The van der Waals surface area contributed by atoms with Gasteiger partial charge in [-0.05, 0) is 18.6 Å². The van der Waals surface area contributed by atoms with Gasteiger partial charge >= 0.3 is 0 Å². The maximum absolute atomic E-state index is 3.84. The third kappa shape index (κ3) is 1.89. The van der Waals surface area contributed by atoms with Gasteiger partial charge in [0.15, 0.2) is 0 Å². The van der Waals surface area contributed by atoms with Gasteiger partial charge in [0.25, 0.3) is 0 Å². The lowest BCUT2D eigenvalue weighted by Crippen LogP contribution is -1.92. The minimum absolute atomic E-state index is 0.909. The fourth-order valence-corrected chi connectivity index (χ4v) is 1.45. The van der Waals surface area contributed by atoms with E-state index in [9.17, 15) is 0 Å². The first kappa shape index (κ1) is 9.33. The van der Waals surface area contributed by atoms with Gasteiger partial charge < -0.3 is 5.32 Å². The van der Waals surface area contributed by atoms with E-state index in [1.807, 2.05) is 7.05 Å². The van der Waals surface area contributed by atoms with E-state index in [1.54, 1.807) is 0 Å². The molecule has 0 saturated carbocycles. The monoisotopic (exact) mass is 225 g/mol. The van der Waals surface area contributed by atoms with Crippen molar-refractivity contribution >= 4 is 26.1 Å². The summed E-state index contributed by atoms with van der Waals surface area (Å²) in [4.78, 5) is 0. The lowest BCUT2D eigenvalue weighted by atomic mass is 10.1. The molecule has 0 bridgehead atoms. The Morgan fingerprint density at radius 2 is 2.17 bits per heavy atom. The summed E-state index contributed by atoms with van der Waals surface area (Å²) < 4.78 is 0.909. The average Bonchev–Trinajstić information content (AvgIpc) is 2.03. The van der Waals surface area contributed by atoms with Crippen LogP contribution in [0, 0.1) is 6.92 Å². The molecule has 0 amide bonds. The summed E-state index contributed by atoms with van der Waals surface area (Å²) in [6, 6.07) is 6.22. The van der Waals surface area contributed by atoms with Gasteiger partial charge in [0.1, 0.15) is 0 Å². The van der Waals surface area contributed by atoms with Gasteiger partial charge in [-0.15, -0.1) is 0 Å². The van der Waals surface area contributed by atoms with Crippen LogP contribution in [0.25, 0.3) is 4.48 Å². The number of benzene rings is 1. The molecule has 0 radical (unpaired) electrons. The average molecular weight is 226 g/mol. The Bertz CT molecular complexity index is 305. The Balaban J connectivity index is 3.20. The van der Waals surface area contributed by atoms with Gasteiger partial charge in [0.2, 0.25) is 0 Å². The maximum Gasteiger partial charge on any atom is 0.0425 e. The molecule has 0 heterocycles. The van der Waals surface area contributed by atoms with E-state index in [4.69, 9.17) is 0 Å². The van der Waals surface area contributed by atoms with Crippen LogP contribution in [-0.4, -0.2) is 7.05 Å². The van der Waals surface area contributed by atoms with Crippen LogP contribution in [0.2, 0.25) is 0 Å². The summed E-state index contributed by atoms with van der Waals surface area (Å²) in [6.07, 6.45) is 0. The number of hydrogen-bond donors (Lipinski definition) is 1. The van der Waals surface area contributed by atoms with Gasteiger partial charge in [-0.3, -0.25) is 0 Å². The van der Waals surface area contributed by atoms with Crippen LogP contribution < -0.4 is 5.32 Å². The topological polar surface area (TPSA) is 12.0 Å². The molecule has 0 saturated heterocycles. The Morgan fingerprint density at radius 3 is 2.67 bits per heavy atom. The Morgan fingerprint density at radius 1 is 1.50 bits per heavy atom. The molecule has 64 valence electrons. The van der Waals surface area contributed by atoms with Crippen LogP contribution in [-0.2, 0) is 0 Å².